The lowest BCUT2D eigenvalue weighted by molar-refractivity contribution is -0.116. The van der Waals surface area contributed by atoms with Gasteiger partial charge in [-0.3, -0.25) is 4.79 Å². The van der Waals surface area contributed by atoms with Crippen LogP contribution in [0.15, 0.2) is 12.1 Å². The number of hydrogen-bond acceptors (Lipinski definition) is 3. The molecule has 1 aromatic carbocycles. The van der Waals surface area contributed by atoms with E-state index in [0.717, 1.165) is 6.07 Å². The Morgan fingerprint density at radius 2 is 1.90 bits per heavy atom. The van der Waals surface area contributed by atoms with Crippen LogP contribution in [0.1, 0.15) is 30.6 Å². The molecule has 1 rings (SSSR count). The number of anilines is 1. The van der Waals surface area contributed by atoms with Crippen molar-refractivity contribution in [3.63, 3.8) is 0 Å². The number of rotatable bonds is 5. The van der Waals surface area contributed by atoms with Crippen molar-refractivity contribution in [2.75, 3.05) is 5.32 Å². The number of nitrogens with two attached hydrogens (primary N) is 1. The second kappa shape index (κ2) is 6.42. The second-order valence-electron chi connectivity index (χ2n) is 4.78. The summed E-state index contributed by atoms with van der Waals surface area (Å²) in [6.07, 6.45) is -0.0448. The van der Waals surface area contributed by atoms with Crippen molar-refractivity contribution in [3.8, 4) is 0 Å². The van der Waals surface area contributed by atoms with E-state index >= 15 is 0 Å². The fraction of sp³-hybridized carbons (Fsp3) is 0.385. The standard InChI is InChI=1S/C13H16F2N2O3/c1-6(2)10(16)5-12(18)17-11-3-7(13(19)20)8(14)4-9(11)15/h3-4,6,10H,5,16H2,1-2H3,(H,17,18)(H,19,20). The van der Waals surface area contributed by atoms with Crippen molar-refractivity contribution in [3.05, 3.63) is 29.3 Å². The lowest BCUT2D eigenvalue weighted by Gasteiger charge is -2.15. The van der Waals surface area contributed by atoms with Gasteiger partial charge in [0.15, 0.2) is 0 Å². The maximum atomic E-state index is 13.5. The van der Waals surface area contributed by atoms with Crippen LogP contribution in [0.5, 0.6) is 0 Å². The molecule has 7 heteroatoms. The largest absolute Gasteiger partial charge is 0.478 e. The average molecular weight is 286 g/mol. The lowest BCUT2D eigenvalue weighted by Crippen LogP contribution is -2.31. The molecule has 1 aromatic rings. The minimum absolute atomic E-state index is 0.0448. The highest BCUT2D eigenvalue weighted by Gasteiger charge is 2.18. The van der Waals surface area contributed by atoms with Crippen LogP contribution in [0.2, 0.25) is 0 Å². The predicted octanol–water partition coefficient (Wildman–Crippen LogP) is 1.97. The number of nitrogens with one attached hydrogen (secondary N) is 1. The van der Waals surface area contributed by atoms with Crippen LogP contribution >= 0.6 is 0 Å². The first-order valence-electron chi connectivity index (χ1n) is 6.00. The zero-order valence-corrected chi connectivity index (χ0v) is 11.1. The summed E-state index contributed by atoms with van der Waals surface area (Å²) in [6, 6.07) is 0.755. The van der Waals surface area contributed by atoms with Crippen molar-refractivity contribution in [1.29, 1.82) is 0 Å². The van der Waals surface area contributed by atoms with E-state index in [2.05, 4.69) is 5.32 Å². The number of halogens is 2. The fourth-order valence-electron chi connectivity index (χ4n) is 1.46. The third-order valence-electron chi connectivity index (χ3n) is 2.84. The Labute approximate surface area is 114 Å². The van der Waals surface area contributed by atoms with E-state index in [1.807, 2.05) is 13.8 Å². The minimum Gasteiger partial charge on any atom is -0.478 e. The highest BCUT2D eigenvalue weighted by atomic mass is 19.1. The molecule has 110 valence electrons. The summed E-state index contributed by atoms with van der Waals surface area (Å²) in [5.74, 6) is -4.29. The summed E-state index contributed by atoms with van der Waals surface area (Å²) >= 11 is 0. The number of aromatic carboxylic acids is 1. The lowest BCUT2D eigenvalue weighted by atomic mass is 10.0. The first kappa shape index (κ1) is 16.0. The van der Waals surface area contributed by atoms with Gasteiger partial charge in [0.25, 0.3) is 0 Å². The normalized spacial score (nSPS) is 12.3. The van der Waals surface area contributed by atoms with Crippen LogP contribution in [-0.4, -0.2) is 23.0 Å². The van der Waals surface area contributed by atoms with Gasteiger partial charge in [0.2, 0.25) is 5.91 Å². The zero-order chi connectivity index (χ0) is 15.4. The van der Waals surface area contributed by atoms with Gasteiger partial charge in [0.05, 0.1) is 11.3 Å². The Bertz CT molecular complexity index is 533. The van der Waals surface area contributed by atoms with Crippen LogP contribution < -0.4 is 11.1 Å². The topological polar surface area (TPSA) is 92.4 Å². The van der Waals surface area contributed by atoms with Crippen molar-refractivity contribution >= 4 is 17.6 Å². The van der Waals surface area contributed by atoms with E-state index in [0.29, 0.717) is 6.07 Å². The Balaban J connectivity index is 2.90. The molecule has 0 radical (unpaired) electrons. The van der Waals surface area contributed by atoms with Crippen LogP contribution in [-0.2, 0) is 4.79 Å². The summed E-state index contributed by atoms with van der Waals surface area (Å²) in [7, 11) is 0. The maximum absolute atomic E-state index is 13.5. The monoisotopic (exact) mass is 286 g/mol. The Morgan fingerprint density at radius 1 is 1.30 bits per heavy atom. The van der Waals surface area contributed by atoms with Crippen molar-refractivity contribution in [2.24, 2.45) is 11.7 Å². The molecule has 0 saturated carbocycles. The van der Waals surface area contributed by atoms with E-state index in [1.54, 1.807) is 0 Å². The van der Waals surface area contributed by atoms with E-state index in [9.17, 15) is 18.4 Å². The highest BCUT2D eigenvalue weighted by Crippen LogP contribution is 2.20. The maximum Gasteiger partial charge on any atom is 0.338 e. The SMILES string of the molecule is CC(C)C(N)CC(=O)Nc1cc(C(=O)O)c(F)cc1F. The summed E-state index contributed by atoms with van der Waals surface area (Å²) in [5, 5.41) is 10.9. The molecule has 0 aliphatic carbocycles. The van der Waals surface area contributed by atoms with Gasteiger partial charge < -0.3 is 16.2 Å². The van der Waals surface area contributed by atoms with Gasteiger partial charge in [-0.05, 0) is 12.0 Å². The van der Waals surface area contributed by atoms with Gasteiger partial charge >= 0.3 is 5.97 Å². The minimum atomic E-state index is -1.54. The molecule has 0 fully saturated rings. The van der Waals surface area contributed by atoms with Crippen molar-refractivity contribution in [2.45, 2.75) is 26.3 Å². The number of carboxylic acids is 1. The first-order chi connectivity index (χ1) is 9.22. The molecule has 1 atom stereocenters. The molecule has 0 bridgehead atoms. The molecule has 0 aliphatic rings. The van der Waals surface area contributed by atoms with Gasteiger partial charge in [-0.15, -0.1) is 0 Å². The number of carbonyl (C=O) groups excluding carboxylic acids is 1. The Hall–Kier alpha value is -2.02. The number of carbonyl (C=O) groups is 2. The number of amides is 1. The van der Waals surface area contributed by atoms with E-state index in [1.165, 1.54) is 0 Å². The van der Waals surface area contributed by atoms with Gasteiger partial charge in [-0.1, -0.05) is 13.8 Å². The molecule has 0 aromatic heterocycles. The molecule has 1 amide bonds. The molecule has 1 unspecified atom stereocenters. The van der Waals surface area contributed by atoms with Gasteiger partial charge in [-0.25, -0.2) is 13.6 Å². The third-order valence-corrected chi connectivity index (χ3v) is 2.84. The summed E-state index contributed by atoms with van der Waals surface area (Å²) < 4.78 is 26.7. The molecule has 0 heterocycles. The molecule has 0 spiro atoms. The summed E-state index contributed by atoms with van der Waals surface area (Å²) in [5.41, 5.74) is 4.61. The van der Waals surface area contributed by atoms with Crippen LogP contribution in [0.3, 0.4) is 0 Å². The van der Waals surface area contributed by atoms with E-state index < -0.39 is 35.1 Å². The molecular weight excluding hydrogens is 270 g/mol. The predicted molar refractivity (Wildman–Crippen MR) is 69.4 cm³/mol. The fourth-order valence-corrected chi connectivity index (χ4v) is 1.46. The molecule has 0 aliphatic heterocycles. The number of hydrogen-bond donors (Lipinski definition) is 3. The molecule has 5 nitrogen and oxygen atoms in total. The highest BCUT2D eigenvalue weighted by molar-refractivity contribution is 5.94. The third kappa shape index (κ3) is 3.99. The smallest absolute Gasteiger partial charge is 0.338 e. The van der Waals surface area contributed by atoms with Crippen LogP contribution in [0.4, 0.5) is 14.5 Å². The summed E-state index contributed by atoms with van der Waals surface area (Å²) in [4.78, 5) is 22.4. The molecular formula is C13H16F2N2O3. The average Bonchev–Trinajstić information content (AvgIpc) is 2.31. The zero-order valence-electron chi connectivity index (χ0n) is 11.1. The van der Waals surface area contributed by atoms with Crippen molar-refractivity contribution < 1.29 is 23.5 Å². The second-order valence-corrected chi connectivity index (χ2v) is 4.78. The van der Waals surface area contributed by atoms with Crippen molar-refractivity contribution in [1.82, 2.24) is 0 Å². The Morgan fingerprint density at radius 3 is 2.40 bits per heavy atom. The van der Waals surface area contributed by atoms with E-state index in [4.69, 9.17) is 10.8 Å². The van der Waals surface area contributed by atoms with E-state index in [-0.39, 0.29) is 18.0 Å². The summed E-state index contributed by atoms with van der Waals surface area (Å²) in [6.45, 7) is 3.66. The van der Waals surface area contributed by atoms with Crippen LogP contribution in [0.25, 0.3) is 0 Å². The number of benzene rings is 1. The Kier molecular flexibility index (Phi) is 5.15. The van der Waals surface area contributed by atoms with Gasteiger partial charge in [0.1, 0.15) is 11.6 Å². The quantitative estimate of drug-likeness (QED) is 0.771. The van der Waals surface area contributed by atoms with Gasteiger partial charge in [0, 0.05) is 18.5 Å². The number of carboxylic acid groups (broad SMARTS) is 1. The molecule has 20 heavy (non-hydrogen) atoms. The van der Waals surface area contributed by atoms with Gasteiger partial charge in [-0.2, -0.15) is 0 Å². The first-order valence-corrected chi connectivity index (χ1v) is 6.00. The molecule has 4 N–H and O–H groups in total. The van der Waals surface area contributed by atoms with Crippen LogP contribution in [0, 0.1) is 17.6 Å². The molecule has 0 saturated heterocycles.